The molecule has 0 aliphatic carbocycles. The van der Waals surface area contributed by atoms with Gasteiger partial charge in [0.05, 0.1) is 12.1 Å². The highest BCUT2D eigenvalue weighted by atomic mass is 35.5. The zero-order valence-corrected chi connectivity index (χ0v) is 8.12. The van der Waals surface area contributed by atoms with E-state index in [1.807, 2.05) is 0 Å². The van der Waals surface area contributed by atoms with Gasteiger partial charge in [-0.05, 0) is 12.5 Å². The lowest BCUT2D eigenvalue weighted by Crippen LogP contribution is -1.87. The smallest absolute Gasteiger partial charge is 0.156 e. The van der Waals surface area contributed by atoms with Gasteiger partial charge in [0, 0.05) is 6.07 Å². The molecule has 0 atom stereocenters. The maximum atomic E-state index is 9.34. The Balaban J connectivity index is 3.39. The molecular formula is C8H7Cl2O2. The van der Waals surface area contributed by atoms with Crippen molar-refractivity contribution in [3.8, 4) is 11.5 Å². The van der Waals surface area contributed by atoms with Crippen LogP contribution in [0, 0.1) is 13.0 Å². The Morgan fingerprint density at radius 1 is 1.33 bits per heavy atom. The van der Waals surface area contributed by atoms with Crippen LogP contribution in [-0.2, 0) is 0 Å². The zero-order valence-electron chi connectivity index (χ0n) is 6.61. The van der Waals surface area contributed by atoms with Crippen molar-refractivity contribution in [1.29, 1.82) is 0 Å². The first-order valence-corrected chi connectivity index (χ1v) is 3.97. The van der Waals surface area contributed by atoms with Crippen LogP contribution in [0.25, 0.3) is 0 Å². The zero-order chi connectivity index (χ0) is 9.30. The molecule has 1 aromatic rings. The fraction of sp³-hybridized carbons (Fsp3) is 0.250. The van der Waals surface area contributed by atoms with Gasteiger partial charge in [-0.25, -0.2) is 0 Å². The molecular weight excluding hydrogens is 199 g/mol. The standard InChI is InChI=1S/C8H7Cl2O2/c1-4-3-5(12-2)7(10)8(11)6(4)9/h11H,1-2H3. The second-order valence-corrected chi connectivity index (χ2v) is 3.02. The molecule has 1 radical (unpaired) electrons. The van der Waals surface area contributed by atoms with Crippen LogP contribution in [0.2, 0.25) is 10.0 Å². The van der Waals surface area contributed by atoms with Crippen LogP contribution in [0.15, 0.2) is 0 Å². The molecule has 0 spiro atoms. The lowest BCUT2D eigenvalue weighted by Gasteiger charge is -2.07. The van der Waals surface area contributed by atoms with Crippen LogP contribution in [-0.4, -0.2) is 12.2 Å². The normalized spacial score (nSPS) is 10.0. The molecule has 0 bridgehead atoms. The van der Waals surface area contributed by atoms with Crippen LogP contribution in [0.1, 0.15) is 5.56 Å². The van der Waals surface area contributed by atoms with E-state index in [4.69, 9.17) is 27.9 Å². The number of halogens is 2. The van der Waals surface area contributed by atoms with Gasteiger partial charge in [-0.3, -0.25) is 0 Å². The van der Waals surface area contributed by atoms with E-state index in [0.29, 0.717) is 11.3 Å². The van der Waals surface area contributed by atoms with E-state index < -0.39 is 0 Å². The number of benzene rings is 1. The topological polar surface area (TPSA) is 29.5 Å². The van der Waals surface area contributed by atoms with Crippen LogP contribution < -0.4 is 4.74 Å². The quantitative estimate of drug-likeness (QED) is 0.765. The first-order chi connectivity index (χ1) is 5.57. The first-order valence-electron chi connectivity index (χ1n) is 3.21. The molecule has 0 saturated heterocycles. The van der Waals surface area contributed by atoms with Gasteiger partial charge in [0.1, 0.15) is 10.8 Å². The highest BCUT2D eigenvalue weighted by molar-refractivity contribution is 6.38. The third-order valence-electron chi connectivity index (χ3n) is 1.45. The Kier molecular flexibility index (Phi) is 2.70. The van der Waals surface area contributed by atoms with Gasteiger partial charge in [0.25, 0.3) is 0 Å². The van der Waals surface area contributed by atoms with Crippen LogP contribution in [0.3, 0.4) is 0 Å². The number of phenols is 1. The lowest BCUT2D eigenvalue weighted by atomic mass is 10.2. The van der Waals surface area contributed by atoms with Gasteiger partial charge < -0.3 is 9.84 Å². The molecule has 0 aromatic heterocycles. The van der Waals surface area contributed by atoms with Gasteiger partial charge in [-0.1, -0.05) is 23.2 Å². The summed E-state index contributed by atoms with van der Waals surface area (Å²) in [7, 11) is 1.45. The summed E-state index contributed by atoms with van der Waals surface area (Å²) in [4.78, 5) is 0. The first kappa shape index (κ1) is 9.49. The van der Waals surface area contributed by atoms with E-state index in [-0.39, 0.29) is 15.8 Å². The average Bonchev–Trinajstić information content (AvgIpc) is 2.08. The van der Waals surface area contributed by atoms with Crippen molar-refractivity contribution in [3.05, 3.63) is 21.7 Å². The molecule has 4 heteroatoms. The molecule has 0 unspecified atom stereocenters. The molecule has 12 heavy (non-hydrogen) atoms. The second kappa shape index (κ2) is 3.42. The van der Waals surface area contributed by atoms with Gasteiger partial charge in [-0.15, -0.1) is 0 Å². The van der Waals surface area contributed by atoms with E-state index in [1.165, 1.54) is 7.11 Å². The highest BCUT2D eigenvalue weighted by Gasteiger charge is 2.12. The molecule has 1 rings (SSSR count). The molecule has 0 heterocycles. The summed E-state index contributed by atoms with van der Waals surface area (Å²) in [6.45, 7) is 1.71. The summed E-state index contributed by atoms with van der Waals surface area (Å²) < 4.78 is 4.86. The third kappa shape index (κ3) is 1.45. The van der Waals surface area contributed by atoms with Gasteiger partial charge in [0.15, 0.2) is 5.75 Å². The summed E-state index contributed by atoms with van der Waals surface area (Å²) >= 11 is 11.4. The fourth-order valence-corrected chi connectivity index (χ4v) is 1.21. The van der Waals surface area contributed by atoms with Crippen molar-refractivity contribution >= 4 is 23.2 Å². The maximum Gasteiger partial charge on any atom is 0.156 e. The average molecular weight is 206 g/mol. The number of ether oxygens (including phenoxy) is 1. The van der Waals surface area contributed by atoms with E-state index in [0.717, 1.165) is 0 Å². The van der Waals surface area contributed by atoms with E-state index in [2.05, 4.69) is 6.07 Å². The summed E-state index contributed by atoms with van der Waals surface area (Å²) in [6.07, 6.45) is 0. The Morgan fingerprint density at radius 3 is 2.42 bits per heavy atom. The Bertz CT molecular complexity index is 310. The van der Waals surface area contributed by atoms with Crippen molar-refractivity contribution in [3.63, 3.8) is 0 Å². The Hall–Kier alpha value is -0.600. The molecule has 0 saturated carbocycles. The minimum absolute atomic E-state index is 0.0908. The Labute approximate surface area is 80.7 Å². The summed E-state index contributed by atoms with van der Waals surface area (Å²) in [5.41, 5.74) is 0.607. The summed E-state index contributed by atoms with van der Waals surface area (Å²) in [6, 6.07) is 2.79. The number of phenolic OH excluding ortho intramolecular Hbond substituents is 1. The van der Waals surface area contributed by atoms with Crippen LogP contribution in [0.5, 0.6) is 11.5 Å². The van der Waals surface area contributed by atoms with E-state index in [9.17, 15) is 5.11 Å². The number of hydrogen-bond donors (Lipinski definition) is 1. The number of hydrogen-bond acceptors (Lipinski definition) is 2. The van der Waals surface area contributed by atoms with Crippen LogP contribution in [0.4, 0.5) is 0 Å². The second-order valence-electron chi connectivity index (χ2n) is 2.26. The van der Waals surface area contributed by atoms with Crippen molar-refractivity contribution in [1.82, 2.24) is 0 Å². The molecule has 1 N–H and O–H groups in total. The van der Waals surface area contributed by atoms with Crippen molar-refractivity contribution in [2.24, 2.45) is 0 Å². The maximum absolute atomic E-state index is 9.34. The molecule has 0 aliphatic rings. The largest absolute Gasteiger partial charge is 0.505 e. The molecule has 1 aromatic carbocycles. The van der Waals surface area contributed by atoms with E-state index >= 15 is 0 Å². The molecule has 65 valence electrons. The van der Waals surface area contributed by atoms with Crippen LogP contribution >= 0.6 is 23.2 Å². The number of aromatic hydroxyl groups is 1. The molecule has 0 aliphatic heterocycles. The number of methoxy groups -OCH3 is 1. The van der Waals surface area contributed by atoms with Crippen molar-refractivity contribution < 1.29 is 9.84 Å². The minimum Gasteiger partial charge on any atom is -0.505 e. The third-order valence-corrected chi connectivity index (χ3v) is 2.26. The van der Waals surface area contributed by atoms with Gasteiger partial charge >= 0.3 is 0 Å². The van der Waals surface area contributed by atoms with Gasteiger partial charge in [-0.2, -0.15) is 0 Å². The number of aryl methyl sites for hydroxylation is 1. The SMILES string of the molecule is COc1[c]c(C)c(Cl)c(O)c1Cl. The predicted octanol–water partition coefficient (Wildman–Crippen LogP) is 2.82. The van der Waals surface area contributed by atoms with Gasteiger partial charge in [0.2, 0.25) is 0 Å². The van der Waals surface area contributed by atoms with Crippen molar-refractivity contribution in [2.45, 2.75) is 6.92 Å². The monoisotopic (exact) mass is 205 g/mol. The number of rotatable bonds is 1. The fourth-order valence-electron chi connectivity index (χ4n) is 0.802. The van der Waals surface area contributed by atoms with Crippen molar-refractivity contribution in [2.75, 3.05) is 7.11 Å². The molecule has 2 nitrogen and oxygen atoms in total. The lowest BCUT2D eigenvalue weighted by molar-refractivity contribution is 0.406. The highest BCUT2D eigenvalue weighted by Crippen LogP contribution is 2.40. The summed E-state index contributed by atoms with van der Waals surface area (Å²) in [5.74, 6) is 0.141. The van der Waals surface area contributed by atoms with E-state index in [1.54, 1.807) is 6.92 Å². The Morgan fingerprint density at radius 2 is 1.92 bits per heavy atom. The summed E-state index contributed by atoms with van der Waals surface area (Å²) in [5, 5.41) is 9.64. The predicted molar refractivity (Wildman–Crippen MR) is 48.3 cm³/mol. The molecule has 0 fully saturated rings. The molecule has 0 amide bonds. The minimum atomic E-state index is -0.161.